The molecule has 0 spiro atoms. The standard InChI is InChI=1S/C13H15N3O4S2/c1-13(2)11(14(3)12(21)22-13)15(17)8-4-5-9-6-7-10(20-9)16(18)19/h4-8,11H,1-3H3/b5-4+,15-8+. The van der Waals surface area contributed by atoms with E-state index in [1.807, 2.05) is 13.8 Å². The fourth-order valence-corrected chi connectivity index (χ4v) is 4.03. The second-order valence-electron chi connectivity index (χ2n) is 5.26. The summed E-state index contributed by atoms with van der Waals surface area (Å²) in [5.74, 6) is -0.0303. The van der Waals surface area contributed by atoms with Crippen LogP contribution in [-0.2, 0) is 0 Å². The van der Waals surface area contributed by atoms with Gasteiger partial charge in [-0.25, -0.2) is 0 Å². The van der Waals surface area contributed by atoms with Crippen molar-refractivity contribution < 1.29 is 14.1 Å². The predicted octanol–water partition coefficient (Wildman–Crippen LogP) is 2.85. The lowest BCUT2D eigenvalue weighted by molar-refractivity contribution is -0.521. The maximum Gasteiger partial charge on any atom is 0.433 e. The first kappa shape index (κ1) is 16.5. The van der Waals surface area contributed by atoms with Gasteiger partial charge in [0.15, 0.2) is 6.21 Å². The van der Waals surface area contributed by atoms with Crippen LogP contribution in [0, 0.1) is 15.3 Å². The van der Waals surface area contributed by atoms with E-state index in [9.17, 15) is 15.3 Å². The molecule has 1 aromatic heterocycles. The molecule has 2 rings (SSSR count). The van der Waals surface area contributed by atoms with Crippen LogP contribution >= 0.6 is 24.0 Å². The van der Waals surface area contributed by atoms with Gasteiger partial charge in [-0.2, -0.15) is 4.74 Å². The summed E-state index contributed by atoms with van der Waals surface area (Å²) in [7, 11) is 1.78. The van der Waals surface area contributed by atoms with E-state index < -0.39 is 11.1 Å². The molecule has 1 saturated heterocycles. The van der Waals surface area contributed by atoms with Gasteiger partial charge in [0.05, 0.1) is 6.07 Å². The Kier molecular flexibility index (Phi) is 4.57. The molecule has 1 aromatic rings. The molecule has 1 unspecified atom stereocenters. The molecule has 1 atom stereocenters. The molecule has 0 aliphatic carbocycles. The maximum absolute atomic E-state index is 12.3. The lowest BCUT2D eigenvalue weighted by Crippen LogP contribution is -2.45. The van der Waals surface area contributed by atoms with Crippen LogP contribution in [0.25, 0.3) is 6.08 Å². The molecule has 1 fully saturated rings. The average molecular weight is 341 g/mol. The Morgan fingerprint density at radius 3 is 2.64 bits per heavy atom. The minimum Gasteiger partial charge on any atom is -0.622 e. The van der Waals surface area contributed by atoms with Gasteiger partial charge in [-0.1, -0.05) is 24.0 Å². The number of allylic oxidation sites excluding steroid dienone is 1. The Hall–Kier alpha value is -1.87. The first-order valence-electron chi connectivity index (χ1n) is 6.39. The summed E-state index contributed by atoms with van der Waals surface area (Å²) in [4.78, 5) is 11.7. The van der Waals surface area contributed by atoms with Crippen molar-refractivity contribution >= 4 is 46.5 Å². The smallest absolute Gasteiger partial charge is 0.433 e. The van der Waals surface area contributed by atoms with E-state index in [-0.39, 0.29) is 10.6 Å². The fraction of sp³-hybridized carbons (Fsp3) is 0.385. The number of furan rings is 1. The lowest BCUT2D eigenvalue weighted by Gasteiger charge is -2.26. The first-order chi connectivity index (χ1) is 10.2. The van der Waals surface area contributed by atoms with Gasteiger partial charge in [0.25, 0.3) is 6.17 Å². The van der Waals surface area contributed by atoms with Crippen LogP contribution in [0.1, 0.15) is 19.6 Å². The van der Waals surface area contributed by atoms with Crippen LogP contribution in [-0.4, -0.2) is 43.1 Å². The minimum atomic E-state index is -0.616. The zero-order valence-electron chi connectivity index (χ0n) is 12.3. The zero-order chi connectivity index (χ0) is 16.5. The van der Waals surface area contributed by atoms with E-state index in [2.05, 4.69) is 0 Å². The predicted molar refractivity (Wildman–Crippen MR) is 89.9 cm³/mol. The number of hydrogen-bond acceptors (Lipinski definition) is 6. The fourth-order valence-electron chi connectivity index (χ4n) is 2.23. The molecule has 0 radical (unpaired) electrons. The highest BCUT2D eigenvalue weighted by Crippen LogP contribution is 2.40. The highest BCUT2D eigenvalue weighted by Gasteiger charge is 2.48. The summed E-state index contributed by atoms with van der Waals surface area (Å²) in [6.07, 6.45) is 3.92. The number of nitrogens with zero attached hydrogens (tertiary/aromatic N) is 3. The molecule has 1 aliphatic heterocycles. The molecule has 1 aliphatic rings. The van der Waals surface area contributed by atoms with Gasteiger partial charge in [0.1, 0.15) is 19.8 Å². The van der Waals surface area contributed by atoms with Gasteiger partial charge in [-0.3, -0.25) is 10.1 Å². The van der Waals surface area contributed by atoms with Crippen molar-refractivity contribution in [1.82, 2.24) is 4.90 Å². The summed E-state index contributed by atoms with van der Waals surface area (Å²) in [5.41, 5.74) is 0. The number of thiocarbonyl (C=S) groups is 1. The molecule has 0 aromatic carbocycles. The van der Waals surface area contributed by atoms with E-state index in [4.69, 9.17) is 16.6 Å². The van der Waals surface area contributed by atoms with Crippen LogP contribution in [0.3, 0.4) is 0 Å². The summed E-state index contributed by atoms with van der Waals surface area (Å²) in [5, 5.41) is 22.8. The Labute approximate surface area is 137 Å². The molecule has 22 heavy (non-hydrogen) atoms. The second kappa shape index (κ2) is 6.09. The monoisotopic (exact) mass is 341 g/mol. The van der Waals surface area contributed by atoms with Gasteiger partial charge in [0, 0.05) is 13.1 Å². The van der Waals surface area contributed by atoms with E-state index >= 15 is 0 Å². The Morgan fingerprint density at radius 2 is 2.14 bits per heavy atom. The van der Waals surface area contributed by atoms with Crippen LogP contribution < -0.4 is 0 Å². The highest BCUT2D eigenvalue weighted by molar-refractivity contribution is 8.24. The van der Waals surface area contributed by atoms with Crippen molar-refractivity contribution in [2.75, 3.05) is 7.05 Å². The average Bonchev–Trinajstić information content (AvgIpc) is 2.93. The van der Waals surface area contributed by atoms with E-state index in [1.165, 1.54) is 42.3 Å². The minimum absolute atomic E-state index is 0.306. The van der Waals surface area contributed by atoms with Crippen LogP contribution in [0.15, 0.2) is 22.6 Å². The van der Waals surface area contributed by atoms with Gasteiger partial charge in [0.2, 0.25) is 0 Å². The number of nitro groups is 1. The quantitative estimate of drug-likeness (QED) is 0.208. The van der Waals surface area contributed by atoms with Gasteiger partial charge >= 0.3 is 5.88 Å². The molecule has 0 bridgehead atoms. The van der Waals surface area contributed by atoms with Gasteiger partial charge < -0.3 is 14.5 Å². The molecule has 0 saturated carbocycles. The molecule has 118 valence electrons. The van der Waals surface area contributed by atoms with Crippen molar-refractivity contribution in [2.24, 2.45) is 0 Å². The molecule has 7 nitrogen and oxygen atoms in total. The van der Waals surface area contributed by atoms with Crippen molar-refractivity contribution in [1.29, 1.82) is 0 Å². The van der Waals surface area contributed by atoms with E-state index in [0.29, 0.717) is 10.1 Å². The van der Waals surface area contributed by atoms with Gasteiger partial charge in [-0.05, 0) is 26.0 Å². The van der Waals surface area contributed by atoms with Crippen molar-refractivity contribution in [3.05, 3.63) is 39.3 Å². The van der Waals surface area contributed by atoms with Crippen LogP contribution in [0.5, 0.6) is 0 Å². The number of rotatable bonds is 4. The molecular weight excluding hydrogens is 326 g/mol. The third kappa shape index (κ3) is 3.30. The molecule has 0 N–H and O–H groups in total. The molecule has 2 heterocycles. The van der Waals surface area contributed by atoms with Crippen molar-refractivity contribution in [3.8, 4) is 0 Å². The third-order valence-electron chi connectivity index (χ3n) is 3.15. The normalized spacial score (nSPS) is 21.8. The lowest BCUT2D eigenvalue weighted by atomic mass is 10.1. The maximum atomic E-state index is 12.3. The molecule has 0 amide bonds. The Balaban J connectivity index is 2.13. The number of hydroxylamine groups is 1. The summed E-state index contributed by atoms with van der Waals surface area (Å²) in [6.45, 7) is 3.91. The van der Waals surface area contributed by atoms with Crippen molar-refractivity contribution in [3.63, 3.8) is 0 Å². The van der Waals surface area contributed by atoms with E-state index in [1.54, 1.807) is 11.9 Å². The van der Waals surface area contributed by atoms with E-state index in [0.717, 1.165) is 4.74 Å². The SMILES string of the molecule is CN1C(=S)SC(C)(C)C1/[N+]([O-])=C\C=C\c1ccc([N+](=O)[O-])o1. The van der Waals surface area contributed by atoms with Crippen LogP contribution in [0.2, 0.25) is 0 Å². The highest BCUT2D eigenvalue weighted by atomic mass is 32.2. The number of thioether (sulfide) groups is 1. The summed E-state index contributed by atoms with van der Waals surface area (Å²) in [6, 6.07) is 2.73. The first-order valence-corrected chi connectivity index (χ1v) is 7.62. The number of hydrogen-bond donors (Lipinski definition) is 0. The third-order valence-corrected chi connectivity index (χ3v) is 4.89. The molecule has 9 heteroatoms. The largest absolute Gasteiger partial charge is 0.622 e. The Morgan fingerprint density at radius 1 is 1.45 bits per heavy atom. The zero-order valence-corrected chi connectivity index (χ0v) is 13.9. The van der Waals surface area contributed by atoms with Gasteiger partial charge in [-0.15, -0.1) is 0 Å². The summed E-state index contributed by atoms with van der Waals surface area (Å²) < 4.78 is 6.13. The molecular formula is C13H15N3O4S2. The summed E-state index contributed by atoms with van der Waals surface area (Å²) >= 11 is 6.70. The van der Waals surface area contributed by atoms with Crippen molar-refractivity contribution in [2.45, 2.75) is 24.8 Å². The second-order valence-corrected chi connectivity index (χ2v) is 7.55. The topological polar surface area (TPSA) is 85.6 Å². The van der Waals surface area contributed by atoms with Crippen LogP contribution in [0.4, 0.5) is 5.88 Å². The Bertz CT molecular complexity index is 666.